The quantitative estimate of drug-likeness (QED) is 0.876. The van der Waals surface area contributed by atoms with Crippen LogP contribution in [0.3, 0.4) is 0 Å². The number of anilines is 1. The van der Waals surface area contributed by atoms with Gasteiger partial charge < -0.3 is 10.1 Å². The first-order valence-electron chi connectivity index (χ1n) is 5.41. The predicted molar refractivity (Wildman–Crippen MR) is 70.2 cm³/mol. The third-order valence-corrected chi connectivity index (χ3v) is 3.35. The highest BCUT2D eigenvalue weighted by Gasteiger charge is 2.08. The van der Waals surface area contributed by atoms with Gasteiger partial charge in [-0.1, -0.05) is 30.0 Å². The Kier molecular flexibility index (Phi) is 4.25. The van der Waals surface area contributed by atoms with Gasteiger partial charge in [-0.3, -0.25) is 4.99 Å². The maximum Gasteiger partial charge on any atom is 0.161 e. The summed E-state index contributed by atoms with van der Waals surface area (Å²) in [6, 6.07) is 8.18. The molecule has 0 bridgehead atoms. The fourth-order valence-corrected chi connectivity index (χ4v) is 2.41. The van der Waals surface area contributed by atoms with Gasteiger partial charge in [-0.2, -0.15) is 0 Å². The normalized spacial score (nSPS) is 15.7. The molecular weight excluding hydrogens is 220 g/mol. The summed E-state index contributed by atoms with van der Waals surface area (Å²) in [4.78, 5) is 4.45. The minimum absolute atomic E-state index is 0.626. The lowest BCUT2D eigenvalue weighted by Gasteiger charge is -2.15. The van der Waals surface area contributed by atoms with Crippen molar-refractivity contribution in [3.63, 3.8) is 0 Å². The number of ether oxygens (including phenoxy) is 1. The fraction of sp³-hybridized carbons (Fsp3) is 0.417. The van der Waals surface area contributed by atoms with Crippen molar-refractivity contribution >= 4 is 22.6 Å². The Bertz CT molecular complexity index is 379. The Labute approximate surface area is 100 Å². The molecule has 0 aromatic heterocycles. The van der Waals surface area contributed by atoms with Gasteiger partial charge in [-0.25, -0.2) is 0 Å². The van der Waals surface area contributed by atoms with Gasteiger partial charge in [0, 0.05) is 30.7 Å². The van der Waals surface area contributed by atoms with Crippen LogP contribution in [0, 0.1) is 0 Å². The summed E-state index contributed by atoms with van der Waals surface area (Å²) in [6.07, 6.45) is 1.18. The van der Waals surface area contributed by atoms with Crippen molar-refractivity contribution in [2.75, 3.05) is 24.7 Å². The first-order valence-corrected chi connectivity index (χ1v) is 6.40. The lowest BCUT2D eigenvalue weighted by molar-refractivity contribution is 0.185. The van der Waals surface area contributed by atoms with Crippen molar-refractivity contribution in [3.05, 3.63) is 29.8 Å². The molecular formula is C12H16N2OS. The fourth-order valence-electron chi connectivity index (χ4n) is 1.57. The molecule has 0 spiro atoms. The van der Waals surface area contributed by atoms with E-state index < -0.39 is 0 Å². The van der Waals surface area contributed by atoms with Crippen LogP contribution in [0.15, 0.2) is 29.3 Å². The maximum atomic E-state index is 5.17. The molecule has 0 radical (unpaired) electrons. The second kappa shape index (κ2) is 5.92. The molecule has 1 aromatic rings. The number of amidine groups is 1. The molecule has 0 amide bonds. The summed E-state index contributed by atoms with van der Waals surface area (Å²) in [5, 5.41) is 4.39. The number of nitrogens with one attached hydrogen (secondary N) is 1. The molecule has 16 heavy (non-hydrogen) atoms. The van der Waals surface area contributed by atoms with Crippen LogP contribution in [0.25, 0.3) is 0 Å². The van der Waals surface area contributed by atoms with Crippen LogP contribution >= 0.6 is 11.8 Å². The first-order chi connectivity index (χ1) is 7.90. The number of aliphatic imine (C=N–C) groups is 1. The van der Waals surface area contributed by atoms with Gasteiger partial charge in [-0.15, -0.1) is 0 Å². The lowest BCUT2D eigenvalue weighted by atomic mass is 10.2. The average Bonchev–Trinajstić information content (AvgIpc) is 2.33. The van der Waals surface area contributed by atoms with E-state index in [0.29, 0.717) is 6.61 Å². The molecule has 1 heterocycles. The number of hydrogen-bond donors (Lipinski definition) is 1. The highest BCUT2D eigenvalue weighted by Crippen LogP contribution is 2.20. The summed E-state index contributed by atoms with van der Waals surface area (Å²) in [5.41, 5.74) is 2.26. The first kappa shape index (κ1) is 11.5. The molecule has 0 saturated heterocycles. The van der Waals surface area contributed by atoms with Crippen molar-refractivity contribution in [2.45, 2.75) is 13.0 Å². The molecule has 4 heteroatoms. The number of thioether (sulfide) groups is 1. The lowest BCUT2D eigenvalue weighted by Crippen LogP contribution is -2.14. The van der Waals surface area contributed by atoms with Crippen LogP contribution in [0.4, 0.5) is 5.69 Å². The van der Waals surface area contributed by atoms with E-state index in [1.165, 1.54) is 12.0 Å². The standard InChI is InChI=1S/C12H16N2OS/c1-15-9-10-5-2-3-6-11(10)14-12-13-7-4-8-16-12/h2-3,5-6H,4,7-9H2,1H3,(H,13,14). The molecule has 3 nitrogen and oxygen atoms in total. The molecule has 1 aliphatic heterocycles. The number of benzene rings is 1. The zero-order valence-electron chi connectivity index (χ0n) is 9.40. The van der Waals surface area contributed by atoms with Gasteiger partial charge in [0.2, 0.25) is 0 Å². The highest BCUT2D eigenvalue weighted by atomic mass is 32.2. The molecule has 0 saturated carbocycles. The largest absolute Gasteiger partial charge is 0.380 e. The van der Waals surface area contributed by atoms with E-state index in [1.54, 1.807) is 18.9 Å². The van der Waals surface area contributed by atoms with Gasteiger partial charge in [-0.05, 0) is 12.5 Å². The van der Waals surface area contributed by atoms with E-state index in [2.05, 4.69) is 22.4 Å². The summed E-state index contributed by atoms with van der Waals surface area (Å²) in [5.74, 6) is 1.15. The van der Waals surface area contributed by atoms with Crippen molar-refractivity contribution in [3.8, 4) is 0 Å². The maximum absolute atomic E-state index is 5.17. The average molecular weight is 236 g/mol. The predicted octanol–water partition coefficient (Wildman–Crippen LogP) is 2.74. The zero-order valence-corrected chi connectivity index (χ0v) is 10.2. The number of nitrogens with zero attached hydrogens (tertiary/aromatic N) is 1. The second-order valence-corrected chi connectivity index (χ2v) is 4.69. The molecule has 86 valence electrons. The van der Waals surface area contributed by atoms with Crippen molar-refractivity contribution in [2.24, 2.45) is 4.99 Å². The number of para-hydroxylation sites is 1. The molecule has 0 unspecified atom stereocenters. The van der Waals surface area contributed by atoms with Crippen LogP contribution in [-0.4, -0.2) is 24.6 Å². The number of hydrogen-bond acceptors (Lipinski definition) is 4. The van der Waals surface area contributed by atoms with E-state index in [4.69, 9.17) is 4.74 Å². The van der Waals surface area contributed by atoms with Crippen LogP contribution < -0.4 is 5.32 Å². The molecule has 0 atom stereocenters. The van der Waals surface area contributed by atoms with Crippen LogP contribution in [0.2, 0.25) is 0 Å². The Hall–Kier alpha value is -1.000. The molecule has 1 N–H and O–H groups in total. The minimum Gasteiger partial charge on any atom is -0.380 e. The Balaban J connectivity index is 2.10. The number of rotatable bonds is 3. The molecule has 0 fully saturated rings. The third kappa shape index (κ3) is 3.00. The van der Waals surface area contributed by atoms with Crippen molar-refractivity contribution in [1.29, 1.82) is 0 Å². The van der Waals surface area contributed by atoms with Gasteiger partial charge in [0.15, 0.2) is 5.17 Å². The Morgan fingerprint density at radius 3 is 3.06 bits per heavy atom. The van der Waals surface area contributed by atoms with E-state index >= 15 is 0 Å². The van der Waals surface area contributed by atoms with Crippen LogP contribution in [0.1, 0.15) is 12.0 Å². The van der Waals surface area contributed by atoms with E-state index in [1.807, 2.05) is 12.1 Å². The van der Waals surface area contributed by atoms with E-state index in [-0.39, 0.29) is 0 Å². The SMILES string of the molecule is COCc1ccccc1NC1=NCCCS1. The minimum atomic E-state index is 0.626. The van der Waals surface area contributed by atoms with Crippen molar-refractivity contribution in [1.82, 2.24) is 0 Å². The summed E-state index contributed by atoms with van der Waals surface area (Å²) < 4.78 is 5.17. The van der Waals surface area contributed by atoms with Crippen LogP contribution in [-0.2, 0) is 11.3 Å². The summed E-state index contributed by atoms with van der Waals surface area (Å²) >= 11 is 1.78. The monoisotopic (exact) mass is 236 g/mol. The summed E-state index contributed by atoms with van der Waals surface area (Å²) in [7, 11) is 1.71. The van der Waals surface area contributed by atoms with Gasteiger partial charge in [0.25, 0.3) is 0 Å². The van der Waals surface area contributed by atoms with E-state index in [9.17, 15) is 0 Å². The van der Waals surface area contributed by atoms with Crippen molar-refractivity contribution < 1.29 is 4.74 Å². The van der Waals surface area contributed by atoms with Gasteiger partial charge in [0.05, 0.1) is 6.61 Å². The molecule has 1 aromatic carbocycles. The topological polar surface area (TPSA) is 33.6 Å². The van der Waals surface area contributed by atoms with Gasteiger partial charge >= 0.3 is 0 Å². The van der Waals surface area contributed by atoms with Crippen LogP contribution in [0.5, 0.6) is 0 Å². The molecule has 2 rings (SSSR count). The Morgan fingerprint density at radius 1 is 1.44 bits per heavy atom. The van der Waals surface area contributed by atoms with E-state index in [0.717, 1.165) is 23.2 Å². The molecule has 0 aliphatic carbocycles. The molecule has 1 aliphatic rings. The smallest absolute Gasteiger partial charge is 0.161 e. The number of methoxy groups -OCH3 is 1. The summed E-state index contributed by atoms with van der Waals surface area (Å²) in [6.45, 7) is 1.56. The third-order valence-electron chi connectivity index (χ3n) is 2.36. The highest BCUT2D eigenvalue weighted by molar-refractivity contribution is 8.14. The van der Waals surface area contributed by atoms with Gasteiger partial charge in [0.1, 0.15) is 0 Å². The zero-order chi connectivity index (χ0) is 11.2. The Morgan fingerprint density at radius 2 is 2.31 bits per heavy atom. The second-order valence-electron chi connectivity index (χ2n) is 3.60.